The molecular formula is C10H13FN2O2. The maximum absolute atomic E-state index is 13.1. The van der Waals surface area contributed by atoms with Gasteiger partial charge in [-0.15, -0.1) is 0 Å². The first kappa shape index (κ1) is 11.4. The summed E-state index contributed by atoms with van der Waals surface area (Å²) >= 11 is 0. The van der Waals surface area contributed by atoms with E-state index in [2.05, 4.69) is 5.32 Å². The Kier molecular flexibility index (Phi) is 3.60. The molecule has 1 N–H and O–H groups in total. The van der Waals surface area contributed by atoms with Crippen molar-refractivity contribution in [2.24, 2.45) is 0 Å². The van der Waals surface area contributed by atoms with Gasteiger partial charge in [0.2, 0.25) is 6.04 Å². The Bertz CT molecular complexity index is 368. The van der Waals surface area contributed by atoms with E-state index in [0.29, 0.717) is 11.3 Å². The van der Waals surface area contributed by atoms with Gasteiger partial charge in [0.25, 0.3) is 0 Å². The first-order valence-electron chi connectivity index (χ1n) is 4.64. The van der Waals surface area contributed by atoms with Crippen molar-refractivity contribution in [1.82, 2.24) is 0 Å². The molecule has 1 aromatic carbocycles. The van der Waals surface area contributed by atoms with Gasteiger partial charge in [-0.1, -0.05) is 6.07 Å². The lowest BCUT2D eigenvalue weighted by molar-refractivity contribution is -0.514. The largest absolute Gasteiger partial charge is 0.378 e. The zero-order valence-corrected chi connectivity index (χ0v) is 8.66. The molecule has 4 nitrogen and oxygen atoms in total. The molecule has 0 saturated carbocycles. The van der Waals surface area contributed by atoms with Gasteiger partial charge in [0, 0.05) is 17.5 Å². The van der Waals surface area contributed by atoms with Crippen LogP contribution in [-0.2, 0) is 0 Å². The summed E-state index contributed by atoms with van der Waals surface area (Å²) in [5.74, 6) is -0.311. The van der Waals surface area contributed by atoms with Crippen molar-refractivity contribution in [3.8, 4) is 0 Å². The fourth-order valence-electron chi connectivity index (χ4n) is 1.04. The molecule has 0 amide bonds. The second-order valence-corrected chi connectivity index (χ2v) is 3.48. The van der Waals surface area contributed by atoms with Gasteiger partial charge in [0.1, 0.15) is 5.82 Å². The summed E-state index contributed by atoms with van der Waals surface area (Å²) in [5.41, 5.74) is 1.12. The summed E-state index contributed by atoms with van der Waals surface area (Å²) in [7, 11) is 0. The highest BCUT2D eigenvalue weighted by atomic mass is 19.1. The Morgan fingerprint density at radius 1 is 1.60 bits per heavy atom. The molecule has 15 heavy (non-hydrogen) atoms. The lowest BCUT2D eigenvalue weighted by atomic mass is 10.2. The maximum Gasteiger partial charge on any atom is 0.227 e. The number of hydrogen-bond acceptors (Lipinski definition) is 3. The highest BCUT2D eigenvalue weighted by Gasteiger charge is 2.11. The standard InChI is InChI=1S/C10H13FN2O2/c1-7-3-4-9(5-10(7)11)12-6-8(2)13(14)15/h3-5,8,12H,6H2,1-2H3. The minimum absolute atomic E-state index is 0.190. The first-order chi connectivity index (χ1) is 7.00. The van der Waals surface area contributed by atoms with E-state index in [4.69, 9.17) is 0 Å². The molecule has 82 valence electrons. The minimum Gasteiger partial charge on any atom is -0.378 e. The van der Waals surface area contributed by atoms with Crippen molar-refractivity contribution in [3.63, 3.8) is 0 Å². The van der Waals surface area contributed by atoms with Gasteiger partial charge in [0.15, 0.2) is 0 Å². The second kappa shape index (κ2) is 4.72. The van der Waals surface area contributed by atoms with Crippen molar-refractivity contribution in [2.45, 2.75) is 19.9 Å². The van der Waals surface area contributed by atoms with E-state index in [1.165, 1.54) is 13.0 Å². The number of nitrogens with zero attached hydrogens (tertiary/aromatic N) is 1. The third kappa shape index (κ3) is 3.19. The normalized spacial score (nSPS) is 12.2. The van der Waals surface area contributed by atoms with Crippen LogP contribution in [0.5, 0.6) is 0 Å². The monoisotopic (exact) mass is 212 g/mol. The minimum atomic E-state index is -0.686. The fraction of sp³-hybridized carbons (Fsp3) is 0.400. The molecule has 0 radical (unpaired) electrons. The summed E-state index contributed by atoms with van der Waals surface area (Å²) < 4.78 is 13.1. The van der Waals surface area contributed by atoms with Crippen LogP contribution in [0.1, 0.15) is 12.5 Å². The van der Waals surface area contributed by atoms with E-state index in [1.807, 2.05) is 0 Å². The molecule has 1 atom stereocenters. The summed E-state index contributed by atoms with van der Waals surface area (Å²) in [6.07, 6.45) is 0. The molecule has 0 saturated heterocycles. The van der Waals surface area contributed by atoms with Gasteiger partial charge in [0.05, 0.1) is 6.54 Å². The number of nitro groups is 1. The predicted octanol–water partition coefficient (Wildman–Crippen LogP) is 2.21. The summed E-state index contributed by atoms with van der Waals surface area (Å²) in [5, 5.41) is 13.1. The van der Waals surface area contributed by atoms with Gasteiger partial charge in [-0.25, -0.2) is 4.39 Å². The molecule has 0 aromatic heterocycles. The average molecular weight is 212 g/mol. The lowest BCUT2D eigenvalue weighted by Gasteiger charge is -2.08. The van der Waals surface area contributed by atoms with Crippen molar-refractivity contribution in [2.75, 3.05) is 11.9 Å². The molecule has 1 aromatic rings. The van der Waals surface area contributed by atoms with Crippen LogP contribution in [0.3, 0.4) is 0 Å². The van der Waals surface area contributed by atoms with Gasteiger partial charge < -0.3 is 5.32 Å². The number of nitrogens with one attached hydrogen (secondary N) is 1. The molecule has 0 aliphatic heterocycles. The van der Waals surface area contributed by atoms with Crippen LogP contribution in [0.2, 0.25) is 0 Å². The van der Waals surface area contributed by atoms with E-state index in [-0.39, 0.29) is 17.3 Å². The number of anilines is 1. The molecular weight excluding hydrogens is 199 g/mol. The lowest BCUT2D eigenvalue weighted by Crippen LogP contribution is -2.24. The smallest absolute Gasteiger partial charge is 0.227 e. The second-order valence-electron chi connectivity index (χ2n) is 3.48. The molecule has 0 bridgehead atoms. The zero-order chi connectivity index (χ0) is 11.4. The number of benzene rings is 1. The Morgan fingerprint density at radius 2 is 2.27 bits per heavy atom. The van der Waals surface area contributed by atoms with E-state index in [1.54, 1.807) is 19.1 Å². The quantitative estimate of drug-likeness (QED) is 0.615. The van der Waals surface area contributed by atoms with Crippen LogP contribution in [0.4, 0.5) is 10.1 Å². The Hall–Kier alpha value is -1.65. The van der Waals surface area contributed by atoms with Crippen LogP contribution in [0.15, 0.2) is 18.2 Å². The maximum atomic E-state index is 13.1. The Balaban J connectivity index is 2.58. The third-order valence-electron chi connectivity index (χ3n) is 2.13. The molecule has 0 fully saturated rings. The number of halogens is 1. The van der Waals surface area contributed by atoms with Crippen molar-refractivity contribution in [3.05, 3.63) is 39.7 Å². The summed E-state index contributed by atoms with van der Waals surface area (Å²) in [6, 6.07) is 3.98. The Labute approximate surface area is 87.3 Å². The first-order valence-corrected chi connectivity index (χ1v) is 4.64. The van der Waals surface area contributed by atoms with Crippen LogP contribution in [0, 0.1) is 22.9 Å². The van der Waals surface area contributed by atoms with E-state index in [9.17, 15) is 14.5 Å². The topological polar surface area (TPSA) is 55.2 Å². The van der Waals surface area contributed by atoms with Crippen molar-refractivity contribution < 1.29 is 9.31 Å². The van der Waals surface area contributed by atoms with E-state index < -0.39 is 6.04 Å². The van der Waals surface area contributed by atoms with Crippen molar-refractivity contribution >= 4 is 5.69 Å². The molecule has 0 spiro atoms. The number of rotatable bonds is 4. The van der Waals surface area contributed by atoms with Gasteiger partial charge in [-0.2, -0.15) is 0 Å². The van der Waals surface area contributed by atoms with E-state index >= 15 is 0 Å². The van der Waals surface area contributed by atoms with Crippen LogP contribution >= 0.6 is 0 Å². The predicted molar refractivity (Wildman–Crippen MR) is 56.1 cm³/mol. The van der Waals surface area contributed by atoms with Gasteiger partial charge >= 0.3 is 0 Å². The number of aryl methyl sites for hydroxylation is 1. The molecule has 1 rings (SSSR count). The third-order valence-corrected chi connectivity index (χ3v) is 2.13. The van der Waals surface area contributed by atoms with Crippen LogP contribution in [0.25, 0.3) is 0 Å². The molecule has 0 aliphatic rings. The molecule has 1 unspecified atom stereocenters. The number of hydrogen-bond donors (Lipinski definition) is 1. The zero-order valence-electron chi connectivity index (χ0n) is 8.66. The van der Waals surface area contributed by atoms with Gasteiger partial charge in [-0.3, -0.25) is 10.1 Å². The average Bonchev–Trinajstić information content (AvgIpc) is 2.19. The Morgan fingerprint density at radius 3 is 2.80 bits per heavy atom. The van der Waals surface area contributed by atoms with Crippen LogP contribution in [-0.4, -0.2) is 17.5 Å². The summed E-state index contributed by atoms with van der Waals surface area (Å²) in [6.45, 7) is 3.35. The SMILES string of the molecule is Cc1ccc(NCC(C)[N+](=O)[O-])cc1F. The highest BCUT2D eigenvalue weighted by molar-refractivity contribution is 5.45. The van der Waals surface area contributed by atoms with E-state index in [0.717, 1.165) is 0 Å². The molecule has 0 aliphatic carbocycles. The molecule has 0 heterocycles. The fourth-order valence-corrected chi connectivity index (χ4v) is 1.04. The van der Waals surface area contributed by atoms with Crippen LogP contribution < -0.4 is 5.32 Å². The molecule has 5 heteroatoms. The van der Waals surface area contributed by atoms with Crippen molar-refractivity contribution in [1.29, 1.82) is 0 Å². The summed E-state index contributed by atoms with van der Waals surface area (Å²) in [4.78, 5) is 9.96. The van der Waals surface area contributed by atoms with Gasteiger partial charge in [-0.05, 0) is 24.6 Å². The highest BCUT2D eigenvalue weighted by Crippen LogP contribution is 2.13.